The fourth-order valence-corrected chi connectivity index (χ4v) is 3.79. The first kappa shape index (κ1) is 20.2. The molecule has 0 bridgehead atoms. The molecule has 152 valence electrons. The zero-order valence-electron chi connectivity index (χ0n) is 16.1. The largest absolute Gasteiger partial charge is 0.482 e. The molecule has 4 aromatic rings. The summed E-state index contributed by atoms with van der Waals surface area (Å²) in [6, 6.07) is 23.3. The van der Waals surface area contributed by atoms with Gasteiger partial charge in [0.1, 0.15) is 11.4 Å². The van der Waals surface area contributed by atoms with Crippen molar-refractivity contribution in [2.75, 3.05) is 6.26 Å². The molecule has 0 spiro atoms. The van der Waals surface area contributed by atoms with E-state index in [9.17, 15) is 8.42 Å². The predicted octanol–water partition coefficient (Wildman–Crippen LogP) is 5.64. The number of hydrogen-bond acceptors (Lipinski definition) is 5. The van der Waals surface area contributed by atoms with Crippen molar-refractivity contribution in [3.63, 3.8) is 0 Å². The molecule has 0 atom stereocenters. The molecule has 0 unspecified atom stereocenters. The lowest BCUT2D eigenvalue weighted by Crippen LogP contribution is -1.96. The molecule has 1 aromatic heterocycles. The van der Waals surface area contributed by atoms with Crippen molar-refractivity contribution in [3.8, 4) is 28.3 Å². The minimum absolute atomic E-state index is 0.102. The summed E-state index contributed by atoms with van der Waals surface area (Å²) >= 11 is 6.15. The van der Waals surface area contributed by atoms with E-state index in [1.54, 1.807) is 36.4 Å². The molecule has 0 aliphatic carbocycles. The van der Waals surface area contributed by atoms with E-state index in [1.165, 1.54) is 6.26 Å². The Kier molecular flexibility index (Phi) is 5.61. The fraction of sp³-hybridized carbons (Fsp3) is 0.0870. The molecular formula is C23H18ClNO4S. The van der Waals surface area contributed by atoms with Gasteiger partial charge in [-0.05, 0) is 36.4 Å². The minimum Gasteiger partial charge on any atom is -0.482 e. The maximum atomic E-state index is 11.8. The predicted molar refractivity (Wildman–Crippen MR) is 116 cm³/mol. The summed E-state index contributed by atoms with van der Waals surface area (Å²) in [6.07, 6.45) is 1.18. The molecular weight excluding hydrogens is 422 g/mol. The number of halogens is 1. The Morgan fingerprint density at radius 1 is 0.900 bits per heavy atom. The number of nitrogens with zero attached hydrogens (tertiary/aromatic N) is 1. The van der Waals surface area contributed by atoms with Gasteiger partial charge in [0.15, 0.2) is 22.2 Å². The lowest BCUT2D eigenvalue weighted by molar-refractivity contribution is 0.265. The van der Waals surface area contributed by atoms with Gasteiger partial charge >= 0.3 is 0 Å². The van der Waals surface area contributed by atoms with Gasteiger partial charge in [0, 0.05) is 17.4 Å². The maximum Gasteiger partial charge on any atom is 0.233 e. The highest BCUT2D eigenvalue weighted by Crippen LogP contribution is 2.34. The highest BCUT2D eigenvalue weighted by Gasteiger charge is 2.18. The lowest BCUT2D eigenvalue weighted by Gasteiger charge is -2.05. The van der Waals surface area contributed by atoms with E-state index in [2.05, 4.69) is 4.98 Å². The molecule has 0 saturated carbocycles. The topological polar surface area (TPSA) is 69.4 Å². The molecule has 7 heteroatoms. The minimum atomic E-state index is -3.28. The average Bonchev–Trinajstić information content (AvgIpc) is 3.18. The molecule has 3 aromatic carbocycles. The third-order valence-corrected chi connectivity index (χ3v) is 5.89. The standard InChI is InChI=1S/C23H18ClNO4S/c1-30(26,27)18-13-11-17(12-14-18)23-22(16-7-3-2-4-8-16)25-21(29-23)15-28-20-10-6-5-9-19(20)24/h2-14H,15H2,1H3. The molecule has 0 aliphatic heterocycles. The fourth-order valence-electron chi connectivity index (χ4n) is 2.97. The van der Waals surface area contributed by atoms with Crippen LogP contribution in [0.3, 0.4) is 0 Å². The van der Waals surface area contributed by atoms with Gasteiger partial charge < -0.3 is 9.15 Å². The van der Waals surface area contributed by atoms with Crippen LogP contribution >= 0.6 is 11.6 Å². The molecule has 30 heavy (non-hydrogen) atoms. The van der Waals surface area contributed by atoms with Crippen LogP contribution in [0.25, 0.3) is 22.6 Å². The van der Waals surface area contributed by atoms with Crippen LogP contribution in [-0.2, 0) is 16.4 Å². The van der Waals surface area contributed by atoms with E-state index in [4.69, 9.17) is 20.8 Å². The smallest absolute Gasteiger partial charge is 0.233 e. The van der Waals surface area contributed by atoms with Crippen molar-refractivity contribution in [3.05, 3.63) is 89.8 Å². The molecule has 0 N–H and O–H groups in total. The van der Waals surface area contributed by atoms with E-state index in [1.807, 2.05) is 42.5 Å². The van der Waals surface area contributed by atoms with Gasteiger partial charge in [-0.3, -0.25) is 0 Å². The highest BCUT2D eigenvalue weighted by atomic mass is 35.5. The maximum absolute atomic E-state index is 11.8. The second-order valence-electron chi connectivity index (χ2n) is 6.67. The number of aromatic nitrogens is 1. The van der Waals surface area contributed by atoms with Crippen LogP contribution in [-0.4, -0.2) is 19.7 Å². The third kappa shape index (κ3) is 4.40. The molecule has 5 nitrogen and oxygen atoms in total. The Balaban J connectivity index is 1.70. The highest BCUT2D eigenvalue weighted by molar-refractivity contribution is 7.90. The van der Waals surface area contributed by atoms with Gasteiger partial charge in [0.25, 0.3) is 0 Å². The van der Waals surface area contributed by atoms with Gasteiger partial charge in [-0.25, -0.2) is 13.4 Å². The first-order valence-corrected chi connectivity index (χ1v) is 11.4. The van der Waals surface area contributed by atoms with Crippen molar-refractivity contribution in [2.24, 2.45) is 0 Å². The van der Waals surface area contributed by atoms with Crippen molar-refractivity contribution in [2.45, 2.75) is 11.5 Å². The third-order valence-electron chi connectivity index (χ3n) is 4.45. The van der Waals surface area contributed by atoms with E-state index >= 15 is 0 Å². The normalized spacial score (nSPS) is 11.4. The van der Waals surface area contributed by atoms with Crippen molar-refractivity contribution < 1.29 is 17.6 Å². The second-order valence-corrected chi connectivity index (χ2v) is 9.09. The number of sulfone groups is 1. The number of rotatable bonds is 6. The summed E-state index contributed by atoms with van der Waals surface area (Å²) in [5.74, 6) is 1.47. The van der Waals surface area contributed by atoms with Crippen LogP contribution in [0.1, 0.15) is 5.89 Å². The van der Waals surface area contributed by atoms with Crippen molar-refractivity contribution in [1.29, 1.82) is 0 Å². The van der Waals surface area contributed by atoms with Crippen LogP contribution in [0.5, 0.6) is 5.75 Å². The summed E-state index contributed by atoms with van der Waals surface area (Å²) in [4.78, 5) is 4.86. The quantitative estimate of drug-likeness (QED) is 0.388. The SMILES string of the molecule is CS(=O)(=O)c1ccc(-c2oc(COc3ccccc3Cl)nc2-c2ccccc2)cc1. The number of benzene rings is 3. The zero-order valence-corrected chi connectivity index (χ0v) is 17.7. The Morgan fingerprint density at radius 2 is 1.57 bits per heavy atom. The van der Waals surface area contributed by atoms with Gasteiger partial charge in [-0.2, -0.15) is 0 Å². The van der Waals surface area contributed by atoms with Crippen LogP contribution in [0, 0.1) is 0 Å². The molecule has 0 radical (unpaired) electrons. The first-order valence-electron chi connectivity index (χ1n) is 9.15. The van der Waals surface area contributed by atoms with E-state index in [-0.39, 0.29) is 11.5 Å². The second kappa shape index (κ2) is 8.34. The summed E-state index contributed by atoms with van der Waals surface area (Å²) in [6.45, 7) is 0.102. The van der Waals surface area contributed by atoms with Crippen molar-refractivity contribution in [1.82, 2.24) is 4.98 Å². The number of para-hydroxylation sites is 1. The molecule has 0 aliphatic rings. The Labute approximate surface area is 179 Å². The van der Waals surface area contributed by atoms with Crippen LogP contribution in [0.15, 0.2) is 88.2 Å². The molecule has 4 rings (SSSR count). The van der Waals surface area contributed by atoms with Gasteiger partial charge in [0.2, 0.25) is 5.89 Å². The van der Waals surface area contributed by atoms with Gasteiger partial charge in [-0.1, -0.05) is 54.1 Å². The van der Waals surface area contributed by atoms with Crippen molar-refractivity contribution >= 4 is 21.4 Å². The Hall–Kier alpha value is -3.09. The lowest BCUT2D eigenvalue weighted by atomic mass is 10.1. The number of oxazole rings is 1. The summed E-state index contributed by atoms with van der Waals surface area (Å²) in [5, 5.41) is 0.504. The summed E-state index contributed by atoms with van der Waals surface area (Å²) in [7, 11) is -3.28. The molecule has 0 amide bonds. The zero-order chi connectivity index (χ0) is 21.1. The average molecular weight is 440 g/mol. The van der Waals surface area contributed by atoms with Crippen LogP contribution in [0.4, 0.5) is 0 Å². The molecule has 0 fully saturated rings. The Morgan fingerprint density at radius 3 is 2.23 bits per heavy atom. The van der Waals surface area contributed by atoms with Crippen LogP contribution < -0.4 is 4.74 Å². The van der Waals surface area contributed by atoms with E-state index < -0.39 is 9.84 Å². The van der Waals surface area contributed by atoms with E-state index in [0.717, 1.165) is 11.1 Å². The first-order chi connectivity index (χ1) is 14.4. The van der Waals surface area contributed by atoms with E-state index in [0.29, 0.717) is 28.1 Å². The summed E-state index contributed by atoms with van der Waals surface area (Å²) in [5.41, 5.74) is 2.26. The van der Waals surface area contributed by atoms with Crippen LogP contribution in [0.2, 0.25) is 5.02 Å². The Bertz CT molecular complexity index is 1270. The number of hydrogen-bond donors (Lipinski definition) is 0. The van der Waals surface area contributed by atoms with Gasteiger partial charge in [-0.15, -0.1) is 0 Å². The monoisotopic (exact) mass is 439 g/mol. The van der Waals surface area contributed by atoms with Gasteiger partial charge in [0.05, 0.1) is 9.92 Å². The summed E-state index contributed by atoms with van der Waals surface area (Å²) < 4.78 is 35.3. The molecule has 0 saturated heterocycles. The molecule has 1 heterocycles. The number of ether oxygens (including phenoxy) is 1.